The minimum Gasteiger partial charge on any atom is -0.303 e. The number of nitrogens with zero attached hydrogens (tertiary/aromatic N) is 2. The zero-order valence-electron chi connectivity index (χ0n) is 10.2. The molecule has 0 N–H and O–H groups in total. The van der Waals surface area contributed by atoms with Gasteiger partial charge >= 0.3 is 0 Å². The largest absolute Gasteiger partial charge is 0.303 e. The summed E-state index contributed by atoms with van der Waals surface area (Å²) in [5.74, 6) is 0.907. The van der Waals surface area contributed by atoms with Gasteiger partial charge in [-0.3, -0.25) is 0 Å². The molecule has 0 amide bonds. The van der Waals surface area contributed by atoms with Crippen molar-refractivity contribution in [2.45, 2.75) is 39.5 Å². The Labute approximate surface area is 101 Å². The first-order valence-electron chi connectivity index (χ1n) is 5.68. The molecule has 0 aliphatic heterocycles. The van der Waals surface area contributed by atoms with Gasteiger partial charge in [0.05, 0.1) is 5.69 Å². The monoisotopic (exact) mass is 236 g/mol. The van der Waals surface area contributed by atoms with Crippen LogP contribution in [0.2, 0.25) is 5.02 Å². The molecule has 2 aromatic heterocycles. The van der Waals surface area contributed by atoms with Gasteiger partial charge in [0.1, 0.15) is 5.65 Å². The van der Waals surface area contributed by atoms with Gasteiger partial charge in [-0.15, -0.1) is 0 Å². The fourth-order valence-corrected chi connectivity index (χ4v) is 2.21. The molecule has 2 heterocycles. The molecule has 0 aliphatic rings. The van der Waals surface area contributed by atoms with Crippen molar-refractivity contribution in [3.8, 4) is 0 Å². The van der Waals surface area contributed by atoms with E-state index in [4.69, 9.17) is 11.6 Å². The van der Waals surface area contributed by atoms with E-state index < -0.39 is 0 Å². The number of pyridine rings is 1. The Morgan fingerprint density at radius 3 is 2.44 bits per heavy atom. The zero-order chi connectivity index (χ0) is 11.9. The van der Waals surface area contributed by atoms with E-state index in [1.165, 1.54) is 11.4 Å². The number of rotatable bonds is 2. The third-order valence-electron chi connectivity index (χ3n) is 2.75. The normalized spacial score (nSPS) is 11.9. The van der Waals surface area contributed by atoms with Crippen LogP contribution in [0.3, 0.4) is 0 Å². The molecule has 0 spiro atoms. The lowest BCUT2D eigenvalue weighted by Crippen LogP contribution is -2.00. The van der Waals surface area contributed by atoms with Crippen LogP contribution in [0.5, 0.6) is 0 Å². The molecule has 3 heteroatoms. The van der Waals surface area contributed by atoms with Crippen LogP contribution in [0.4, 0.5) is 0 Å². The number of imidazole rings is 1. The van der Waals surface area contributed by atoms with Gasteiger partial charge < -0.3 is 4.40 Å². The van der Waals surface area contributed by atoms with Gasteiger partial charge in [0.25, 0.3) is 0 Å². The molecule has 0 saturated heterocycles. The highest BCUT2D eigenvalue weighted by atomic mass is 35.5. The second-order valence-electron chi connectivity index (χ2n) is 4.76. The Morgan fingerprint density at radius 2 is 1.88 bits per heavy atom. The van der Waals surface area contributed by atoms with Crippen molar-refractivity contribution in [3.05, 3.63) is 34.7 Å². The summed E-state index contributed by atoms with van der Waals surface area (Å²) in [4.78, 5) is 4.67. The minimum absolute atomic E-state index is 0.441. The van der Waals surface area contributed by atoms with E-state index in [1.807, 2.05) is 18.3 Å². The van der Waals surface area contributed by atoms with E-state index in [9.17, 15) is 0 Å². The summed E-state index contributed by atoms with van der Waals surface area (Å²) in [7, 11) is 0. The van der Waals surface area contributed by atoms with Crippen LogP contribution in [0.25, 0.3) is 5.65 Å². The molecule has 0 atom stereocenters. The van der Waals surface area contributed by atoms with Crippen molar-refractivity contribution in [1.29, 1.82) is 0 Å². The predicted octanol–water partition coefficient (Wildman–Crippen LogP) is 4.23. The zero-order valence-corrected chi connectivity index (χ0v) is 10.9. The lowest BCUT2D eigenvalue weighted by molar-refractivity contribution is 0.745. The van der Waals surface area contributed by atoms with Gasteiger partial charge in [-0.25, -0.2) is 4.98 Å². The minimum atomic E-state index is 0.441. The van der Waals surface area contributed by atoms with Crippen molar-refractivity contribution in [2.24, 2.45) is 0 Å². The SMILES string of the molecule is CC(C)c1nc2cc(Cl)ccn2c1C(C)C. The van der Waals surface area contributed by atoms with Crippen molar-refractivity contribution in [2.75, 3.05) is 0 Å². The number of hydrogen-bond donors (Lipinski definition) is 0. The summed E-state index contributed by atoms with van der Waals surface area (Å²) in [6.07, 6.45) is 2.01. The van der Waals surface area contributed by atoms with Crippen LogP contribution in [0.1, 0.15) is 50.9 Å². The summed E-state index contributed by atoms with van der Waals surface area (Å²) in [6, 6.07) is 3.82. The smallest absolute Gasteiger partial charge is 0.138 e. The van der Waals surface area contributed by atoms with Gasteiger partial charge in [0.15, 0.2) is 0 Å². The molecule has 0 bridgehead atoms. The van der Waals surface area contributed by atoms with Crippen molar-refractivity contribution >= 4 is 17.2 Å². The number of halogens is 1. The third-order valence-corrected chi connectivity index (χ3v) is 2.98. The first-order chi connectivity index (χ1) is 7.50. The molecule has 0 saturated carbocycles. The average Bonchev–Trinajstić information content (AvgIpc) is 2.55. The maximum Gasteiger partial charge on any atom is 0.138 e. The number of hydrogen-bond acceptors (Lipinski definition) is 1. The van der Waals surface area contributed by atoms with E-state index in [2.05, 4.69) is 37.1 Å². The van der Waals surface area contributed by atoms with E-state index in [1.54, 1.807) is 0 Å². The van der Waals surface area contributed by atoms with Crippen molar-refractivity contribution in [1.82, 2.24) is 9.38 Å². The second kappa shape index (κ2) is 4.10. The molecule has 0 aromatic carbocycles. The van der Waals surface area contributed by atoms with Crippen molar-refractivity contribution < 1.29 is 0 Å². The fourth-order valence-electron chi connectivity index (χ4n) is 2.06. The predicted molar refractivity (Wildman–Crippen MR) is 68.4 cm³/mol. The van der Waals surface area contributed by atoms with E-state index in [-0.39, 0.29) is 0 Å². The van der Waals surface area contributed by atoms with Gasteiger partial charge in [-0.1, -0.05) is 39.3 Å². The second-order valence-corrected chi connectivity index (χ2v) is 5.20. The molecular weight excluding hydrogens is 220 g/mol. The highest BCUT2D eigenvalue weighted by Gasteiger charge is 2.17. The molecule has 16 heavy (non-hydrogen) atoms. The van der Waals surface area contributed by atoms with Gasteiger partial charge in [0, 0.05) is 23.0 Å². The quantitative estimate of drug-likeness (QED) is 0.763. The van der Waals surface area contributed by atoms with E-state index in [0.29, 0.717) is 11.8 Å². The first-order valence-corrected chi connectivity index (χ1v) is 6.06. The Hall–Kier alpha value is -1.02. The summed E-state index contributed by atoms with van der Waals surface area (Å²) in [5.41, 5.74) is 3.42. The molecule has 2 aromatic rings. The van der Waals surface area contributed by atoms with Crippen LogP contribution in [0, 0.1) is 0 Å². The topological polar surface area (TPSA) is 17.3 Å². The summed E-state index contributed by atoms with van der Waals surface area (Å²) >= 11 is 5.99. The first kappa shape index (κ1) is 11.5. The maximum absolute atomic E-state index is 5.99. The Balaban J connectivity index is 2.75. The summed E-state index contributed by atoms with van der Waals surface area (Å²) < 4.78 is 2.14. The van der Waals surface area contributed by atoms with E-state index in [0.717, 1.165) is 10.7 Å². The third kappa shape index (κ3) is 1.82. The van der Waals surface area contributed by atoms with Gasteiger partial charge in [0.2, 0.25) is 0 Å². The molecule has 0 aliphatic carbocycles. The lowest BCUT2D eigenvalue weighted by Gasteiger charge is -2.10. The lowest BCUT2D eigenvalue weighted by atomic mass is 10.0. The highest BCUT2D eigenvalue weighted by molar-refractivity contribution is 6.30. The molecule has 2 rings (SSSR count). The van der Waals surface area contributed by atoms with Crippen LogP contribution in [0.15, 0.2) is 18.3 Å². The molecule has 0 unspecified atom stereocenters. The number of fused-ring (bicyclic) bond motifs is 1. The summed E-state index contributed by atoms with van der Waals surface area (Å²) in [6.45, 7) is 8.75. The summed E-state index contributed by atoms with van der Waals surface area (Å²) in [5, 5.41) is 0.739. The molecule has 2 nitrogen and oxygen atoms in total. The highest BCUT2D eigenvalue weighted by Crippen LogP contribution is 2.27. The van der Waals surface area contributed by atoms with Crippen LogP contribution in [-0.4, -0.2) is 9.38 Å². The Kier molecular flexibility index (Phi) is 2.94. The fraction of sp³-hybridized carbons (Fsp3) is 0.462. The van der Waals surface area contributed by atoms with Crippen LogP contribution in [-0.2, 0) is 0 Å². The Morgan fingerprint density at radius 1 is 1.19 bits per heavy atom. The molecule has 0 fully saturated rings. The maximum atomic E-state index is 5.99. The van der Waals surface area contributed by atoms with Crippen LogP contribution < -0.4 is 0 Å². The molecule has 86 valence electrons. The van der Waals surface area contributed by atoms with Crippen molar-refractivity contribution in [3.63, 3.8) is 0 Å². The number of aromatic nitrogens is 2. The Bertz CT molecular complexity index is 512. The average molecular weight is 237 g/mol. The van der Waals surface area contributed by atoms with Crippen LogP contribution >= 0.6 is 11.6 Å². The van der Waals surface area contributed by atoms with Gasteiger partial charge in [-0.05, 0) is 17.9 Å². The van der Waals surface area contributed by atoms with E-state index >= 15 is 0 Å². The molecule has 0 radical (unpaired) electrons. The molecular formula is C13H17ClN2. The standard InChI is InChI=1S/C13H17ClN2/c1-8(2)12-13(9(3)4)16-6-5-10(14)7-11(16)15-12/h5-9H,1-4H3. The van der Waals surface area contributed by atoms with Gasteiger partial charge in [-0.2, -0.15) is 0 Å².